The van der Waals surface area contributed by atoms with Crippen molar-refractivity contribution in [2.24, 2.45) is 0 Å². The van der Waals surface area contributed by atoms with Crippen LogP contribution in [0.25, 0.3) is 0 Å². The molecular weight excluding hydrogens is 295 g/mol. The van der Waals surface area contributed by atoms with Crippen LogP contribution in [-0.4, -0.2) is 41.5 Å². The Labute approximate surface area is 116 Å². The maximum absolute atomic E-state index is 12.7. The summed E-state index contributed by atoms with van der Waals surface area (Å²) in [7, 11) is -4.24. The highest BCUT2D eigenvalue weighted by molar-refractivity contribution is 7.89. The van der Waals surface area contributed by atoms with E-state index in [-0.39, 0.29) is 5.03 Å². The van der Waals surface area contributed by atoms with Crippen LogP contribution in [0.5, 0.6) is 0 Å². The molecule has 1 aromatic heterocycles. The largest absolute Gasteiger partial charge is 0.402 e. The van der Waals surface area contributed by atoms with E-state index in [1.165, 1.54) is 6.92 Å². The van der Waals surface area contributed by atoms with Crippen LogP contribution >= 0.6 is 0 Å². The molecule has 0 atom stereocenters. The molecule has 0 saturated carbocycles. The predicted molar refractivity (Wildman–Crippen MR) is 67.6 cm³/mol. The van der Waals surface area contributed by atoms with Crippen LogP contribution in [0, 0.1) is 6.92 Å². The third kappa shape index (κ3) is 3.95. The van der Waals surface area contributed by atoms with Crippen LogP contribution in [0.15, 0.2) is 11.2 Å². The lowest BCUT2D eigenvalue weighted by Crippen LogP contribution is -2.45. The first kappa shape index (κ1) is 17.0. The molecule has 0 aliphatic rings. The van der Waals surface area contributed by atoms with Gasteiger partial charge in [0.2, 0.25) is 0 Å². The fourth-order valence-electron chi connectivity index (χ4n) is 1.94. The number of imidazole rings is 1. The monoisotopic (exact) mass is 313 g/mol. The van der Waals surface area contributed by atoms with Gasteiger partial charge in [0, 0.05) is 6.04 Å². The predicted octanol–water partition coefficient (Wildman–Crippen LogP) is 2.46. The second-order valence-corrected chi connectivity index (χ2v) is 6.33. The van der Waals surface area contributed by atoms with Crippen molar-refractivity contribution in [2.75, 3.05) is 6.54 Å². The SMILES string of the molecule is CCC(CC)N(CC(F)(F)F)S(=O)(=O)c1cnc(C)[nH]1. The number of sulfonamides is 1. The van der Waals surface area contributed by atoms with E-state index in [1.54, 1.807) is 13.8 Å². The lowest BCUT2D eigenvalue weighted by Gasteiger charge is -2.29. The van der Waals surface area contributed by atoms with Crippen LogP contribution in [0.2, 0.25) is 0 Å². The summed E-state index contributed by atoms with van der Waals surface area (Å²) in [6, 6.07) is -0.703. The van der Waals surface area contributed by atoms with Crippen LogP contribution in [-0.2, 0) is 10.0 Å². The van der Waals surface area contributed by atoms with E-state index in [0.717, 1.165) is 6.20 Å². The molecule has 20 heavy (non-hydrogen) atoms. The van der Waals surface area contributed by atoms with E-state index in [9.17, 15) is 21.6 Å². The van der Waals surface area contributed by atoms with E-state index in [4.69, 9.17) is 0 Å². The molecule has 5 nitrogen and oxygen atoms in total. The van der Waals surface area contributed by atoms with Gasteiger partial charge in [-0.25, -0.2) is 13.4 Å². The molecule has 116 valence electrons. The number of aryl methyl sites for hydroxylation is 1. The fraction of sp³-hybridized carbons (Fsp3) is 0.727. The average molecular weight is 313 g/mol. The van der Waals surface area contributed by atoms with Gasteiger partial charge in [0.1, 0.15) is 12.4 Å². The van der Waals surface area contributed by atoms with Crippen molar-refractivity contribution in [1.82, 2.24) is 14.3 Å². The van der Waals surface area contributed by atoms with Gasteiger partial charge in [-0.3, -0.25) is 0 Å². The third-order valence-electron chi connectivity index (χ3n) is 2.95. The number of hydrogen-bond donors (Lipinski definition) is 1. The molecule has 9 heteroatoms. The Bertz CT molecular complexity index is 535. The molecule has 1 aromatic rings. The maximum atomic E-state index is 12.7. The van der Waals surface area contributed by atoms with Gasteiger partial charge in [-0.05, 0) is 19.8 Å². The van der Waals surface area contributed by atoms with E-state index < -0.39 is 28.8 Å². The Hall–Kier alpha value is -1.09. The number of aromatic nitrogens is 2. The Kier molecular flexibility index (Phi) is 5.20. The number of hydrogen-bond acceptors (Lipinski definition) is 3. The highest BCUT2D eigenvalue weighted by atomic mass is 32.2. The maximum Gasteiger partial charge on any atom is 0.402 e. The standard InChI is InChI=1S/C11H18F3N3O2S/c1-4-9(5-2)17(7-11(12,13)14)20(18,19)10-6-15-8(3)16-10/h6,9H,4-5,7H2,1-3H3,(H,15,16). The van der Waals surface area contributed by atoms with E-state index in [2.05, 4.69) is 9.97 Å². The van der Waals surface area contributed by atoms with Crippen molar-refractivity contribution in [1.29, 1.82) is 0 Å². The number of aromatic amines is 1. The van der Waals surface area contributed by atoms with Crippen molar-refractivity contribution in [3.05, 3.63) is 12.0 Å². The van der Waals surface area contributed by atoms with Gasteiger partial charge >= 0.3 is 6.18 Å². The van der Waals surface area contributed by atoms with E-state index in [1.807, 2.05) is 0 Å². The average Bonchev–Trinajstić information content (AvgIpc) is 2.75. The Morgan fingerprint density at radius 3 is 2.25 bits per heavy atom. The summed E-state index contributed by atoms with van der Waals surface area (Å²) in [5, 5.41) is -0.314. The molecule has 0 spiro atoms. The number of halogens is 3. The second-order valence-electron chi connectivity index (χ2n) is 4.47. The van der Waals surface area contributed by atoms with Gasteiger partial charge in [0.15, 0.2) is 5.03 Å². The first-order chi connectivity index (χ1) is 9.11. The number of H-pyrrole nitrogens is 1. The Morgan fingerprint density at radius 2 is 1.90 bits per heavy atom. The highest BCUT2D eigenvalue weighted by Crippen LogP contribution is 2.26. The van der Waals surface area contributed by atoms with Gasteiger partial charge < -0.3 is 4.98 Å². The fourth-order valence-corrected chi connectivity index (χ4v) is 3.66. The van der Waals surface area contributed by atoms with Crippen LogP contribution in [0.1, 0.15) is 32.5 Å². The molecule has 0 aliphatic heterocycles. The highest BCUT2D eigenvalue weighted by Gasteiger charge is 2.40. The summed E-state index contributed by atoms with van der Waals surface area (Å²) >= 11 is 0. The summed E-state index contributed by atoms with van der Waals surface area (Å²) in [6.45, 7) is 3.35. The number of rotatable bonds is 6. The normalized spacial score (nSPS) is 13.4. The second kappa shape index (κ2) is 6.13. The minimum atomic E-state index is -4.59. The number of alkyl halides is 3. The van der Waals surface area contributed by atoms with Crippen LogP contribution in [0.3, 0.4) is 0 Å². The molecule has 0 amide bonds. The zero-order valence-corrected chi connectivity index (χ0v) is 12.3. The summed E-state index contributed by atoms with van der Waals surface area (Å²) in [5.74, 6) is 0.333. The summed E-state index contributed by atoms with van der Waals surface area (Å²) in [4.78, 5) is 6.21. The van der Waals surface area contributed by atoms with Crippen molar-refractivity contribution in [2.45, 2.75) is 50.9 Å². The van der Waals surface area contributed by atoms with E-state index >= 15 is 0 Å². The smallest absolute Gasteiger partial charge is 0.332 e. The zero-order chi connectivity index (χ0) is 15.6. The quantitative estimate of drug-likeness (QED) is 0.877. The minimum Gasteiger partial charge on any atom is -0.332 e. The topological polar surface area (TPSA) is 66.1 Å². The van der Waals surface area contributed by atoms with Crippen molar-refractivity contribution < 1.29 is 21.6 Å². The van der Waals surface area contributed by atoms with Crippen LogP contribution in [0.4, 0.5) is 13.2 Å². The molecule has 0 saturated heterocycles. The number of nitrogens with zero attached hydrogens (tertiary/aromatic N) is 2. The van der Waals surface area contributed by atoms with E-state index in [0.29, 0.717) is 23.0 Å². The minimum absolute atomic E-state index is 0.304. The van der Waals surface area contributed by atoms with Gasteiger partial charge in [0.25, 0.3) is 10.0 Å². The molecular formula is C11H18F3N3O2S. The molecule has 0 unspecified atom stereocenters. The lowest BCUT2D eigenvalue weighted by molar-refractivity contribution is -0.139. The van der Waals surface area contributed by atoms with Crippen molar-refractivity contribution in [3.8, 4) is 0 Å². The van der Waals surface area contributed by atoms with Crippen molar-refractivity contribution >= 4 is 10.0 Å². The molecule has 0 aliphatic carbocycles. The molecule has 0 radical (unpaired) electrons. The van der Waals surface area contributed by atoms with Gasteiger partial charge in [0.05, 0.1) is 6.20 Å². The summed E-state index contributed by atoms with van der Waals surface area (Å²) < 4.78 is 63.1. The molecule has 0 bridgehead atoms. The lowest BCUT2D eigenvalue weighted by atomic mass is 10.2. The third-order valence-corrected chi connectivity index (χ3v) is 4.76. The molecule has 0 fully saturated rings. The number of nitrogens with one attached hydrogen (secondary N) is 1. The van der Waals surface area contributed by atoms with Gasteiger partial charge in [-0.2, -0.15) is 17.5 Å². The molecule has 0 aromatic carbocycles. The van der Waals surface area contributed by atoms with Gasteiger partial charge in [-0.15, -0.1) is 0 Å². The zero-order valence-electron chi connectivity index (χ0n) is 11.5. The van der Waals surface area contributed by atoms with Gasteiger partial charge in [-0.1, -0.05) is 13.8 Å². The summed E-state index contributed by atoms with van der Waals surface area (Å²) in [6.07, 6.45) is -2.95. The first-order valence-corrected chi connectivity index (χ1v) is 7.66. The van der Waals surface area contributed by atoms with Crippen molar-refractivity contribution in [3.63, 3.8) is 0 Å². The van der Waals surface area contributed by atoms with Crippen LogP contribution < -0.4 is 0 Å². The summed E-state index contributed by atoms with van der Waals surface area (Å²) in [5.41, 5.74) is 0. The Balaban J connectivity index is 3.21. The molecule has 1 N–H and O–H groups in total. The molecule has 1 rings (SSSR count). The Morgan fingerprint density at radius 1 is 1.35 bits per heavy atom. The first-order valence-electron chi connectivity index (χ1n) is 6.22. The molecule has 1 heterocycles.